The second-order valence-electron chi connectivity index (χ2n) is 6.19. The zero-order chi connectivity index (χ0) is 18.5. The quantitative estimate of drug-likeness (QED) is 0.840. The van der Waals surface area contributed by atoms with E-state index in [4.69, 9.17) is 9.47 Å². The van der Waals surface area contributed by atoms with Crippen molar-refractivity contribution >= 4 is 28.3 Å². The van der Waals surface area contributed by atoms with Crippen molar-refractivity contribution in [2.75, 3.05) is 20.0 Å². The van der Waals surface area contributed by atoms with Crippen molar-refractivity contribution in [1.82, 2.24) is 5.43 Å². The second kappa shape index (κ2) is 8.27. The summed E-state index contributed by atoms with van der Waals surface area (Å²) in [6.45, 7) is 4.37. The van der Waals surface area contributed by atoms with Crippen molar-refractivity contribution in [2.24, 2.45) is 10.1 Å². The van der Waals surface area contributed by atoms with E-state index in [1.54, 1.807) is 26.0 Å². The molecule has 1 heterocycles. The molecule has 1 aliphatic heterocycles. The van der Waals surface area contributed by atoms with Crippen LogP contribution in [0.2, 0.25) is 0 Å². The third kappa shape index (κ3) is 4.19. The van der Waals surface area contributed by atoms with Crippen molar-refractivity contribution in [3.05, 3.63) is 53.6 Å². The molecule has 0 unspecified atom stereocenters. The number of hydrogen-bond acceptors (Lipinski definition) is 5. The van der Waals surface area contributed by atoms with Crippen LogP contribution in [0.4, 0.5) is 5.69 Å². The van der Waals surface area contributed by atoms with Crippen LogP contribution in [-0.4, -0.2) is 30.9 Å². The summed E-state index contributed by atoms with van der Waals surface area (Å²) < 4.78 is 10.6. The van der Waals surface area contributed by atoms with E-state index in [-0.39, 0.29) is 0 Å². The molecule has 6 heteroatoms. The zero-order valence-electron chi connectivity index (χ0n) is 15.4. The van der Waals surface area contributed by atoms with Crippen LogP contribution in [0.25, 0.3) is 0 Å². The van der Waals surface area contributed by atoms with Crippen molar-refractivity contribution < 1.29 is 9.47 Å². The molecular weight excluding hydrogens is 346 g/mol. The first-order valence-corrected chi connectivity index (χ1v) is 9.45. The summed E-state index contributed by atoms with van der Waals surface area (Å²) in [5, 5.41) is 5.27. The number of aliphatic imine (C=N–C) groups is 1. The van der Waals surface area contributed by atoms with E-state index in [2.05, 4.69) is 41.5 Å². The summed E-state index contributed by atoms with van der Waals surface area (Å²) >= 11 is 1.63. The summed E-state index contributed by atoms with van der Waals surface area (Å²) in [4.78, 5) is 4.62. The molecule has 26 heavy (non-hydrogen) atoms. The second-order valence-corrected chi connectivity index (χ2v) is 7.16. The molecule has 0 aromatic heterocycles. The normalized spacial score (nSPS) is 15.6. The van der Waals surface area contributed by atoms with Gasteiger partial charge in [0.1, 0.15) is 0 Å². The zero-order valence-corrected chi connectivity index (χ0v) is 16.3. The number of amidine groups is 1. The number of benzene rings is 2. The number of nitrogens with one attached hydrogen (secondary N) is 1. The Hall–Kier alpha value is -2.47. The van der Waals surface area contributed by atoms with Crippen molar-refractivity contribution in [3.63, 3.8) is 0 Å². The topological polar surface area (TPSA) is 55.2 Å². The third-order valence-corrected chi connectivity index (χ3v) is 5.01. The van der Waals surface area contributed by atoms with E-state index in [0.29, 0.717) is 17.4 Å². The van der Waals surface area contributed by atoms with Gasteiger partial charge >= 0.3 is 0 Å². The van der Waals surface area contributed by atoms with E-state index in [0.717, 1.165) is 27.9 Å². The highest BCUT2D eigenvalue weighted by Gasteiger charge is 2.15. The molecule has 136 valence electrons. The van der Waals surface area contributed by atoms with Gasteiger partial charge in [-0.3, -0.25) is 5.43 Å². The fraction of sp³-hybridized carbons (Fsp3) is 0.300. The van der Waals surface area contributed by atoms with Gasteiger partial charge in [-0.1, -0.05) is 37.7 Å². The predicted octanol–water partition coefficient (Wildman–Crippen LogP) is 4.56. The fourth-order valence-corrected chi connectivity index (χ4v) is 3.37. The molecule has 0 bridgehead atoms. The van der Waals surface area contributed by atoms with E-state index in [1.165, 1.54) is 5.56 Å². The first kappa shape index (κ1) is 18.3. The number of nitrogens with zero attached hydrogens (tertiary/aromatic N) is 2. The van der Waals surface area contributed by atoms with Gasteiger partial charge in [0.25, 0.3) is 0 Å². The number of hydrazone groups is 1. The Morgan fingerprint density at radius 2 is 1.77 bits per heavy atom. The molecule has 0 atom stereocenters. The smallest absolute Gasteiger partial charge is 0.182 e. The number of hydrogen-bond donors (Lipinski definition) is 1. The summed E-state index contributed by atoms with van der Waals surface area (Å²) in [7, 11) is 3.26. The van der Waals surface area contributed by atoms with Crippen molar-refractivity contribution in [2.45, 2.75) is 19.8 Å². The van der Waals surface area contributed by atoms with Gasteiger partial charge in [0.2, 0.25) is 0 Å². The van der Waals surface area contributed by atoms with Gasteiger partial charge in [-0.25, -0.2) is 4.99 Å². The number of rotatable bonds is 5. The standard InChI is InChI=1S/C20H23N3O2S/c1-13(2)14-5-8-16(9-6-14)21-20-23-22-17(12-26-20)15-7-10-18(24-3)19(11-15)25-4/h5-11,13H,12H2,1-4H3,(H,21,23). The molecule has 0 radical (unpaired) electrons. The Labute approximate surface area is 158 Å². The highest BCUT2D eigenvalue weighted by atomic mass is 32.2. The molecule has 0 amide bonds. The van der Waals surface area contributed by atoms with Gasteiger partial charge in [0.15, 0.2) is 16.7 Å². The lowest BCUT2D eigenvalue weighted by Gasteiger charge is -2.16. The van der Waals surface area contributed by atoms with Gasteiger partial charge in [-0.15, -0.1) is 0 Å². The first-order chi connectivity index (χ1) is 12.6. The summed E-state index contributed by atoms with van der Waals surface area (Å²) in [6, 6.07) is 14.1. The van der Waals surface area contributed by atoms with E-state index < -0.39 is 0 Å². The van der Waals surface area contributed by atoms with E-state index in [9.17, 15) is 0 Å². The molecule has 3 rings (SSSR count). The minimum atomic E-state index is 0.521. The Bertz CT molecular complexity index is 829. The minimum Gasteiger partial charge on any atom is -0.493 e. The van der Waals surface area contributed by atoms with Crippen LogP contribution in [0, 0.1) is 0 Å². The molecule has 1 aliphatic rings. The molecule has 0 saturated carbocycles. The molecule has 1 N–H and O–H groups in total. The molecule has 0 spiro atoms. The Morgan fingerprint density at radius 3 is 2.35 bits per heavy atom. The molecule has 2 aromatic carbocycles. The number of thioether (sulfide) groups is 1. The van der Waals surface area contributed by atoms with Crippen LogP contribution in [0.3, 0.4) is 0 Å². The maximum atomic E-state index is 5.36. The van der Waals surface area contributed by atoms with Crippen LogP contribution < -0.4 is 14.9 Å². The molecular formula is C20H23N3O2S. The Morgan fingerprint density at radius 1 is 1.04 bits per heavy atom. The highest BCUT2D eigenvalue weighted by Crippen LogP contribution is 2.29. The summed E-state index contributed by atoms with van der Waals surface area (Å²) in [5.74, 6) is 2.67. The number of methoxy groups -OCH3 is 2. The lowest BCUT2D eigenvalue weighted by molar-refractivity contribution is 0.355. The van der Waals surface area contributed by atoms with E-state index >= 15 is 0 Å². The molecule has 2 aromatic rings. The van der Waals surface area contributed by atoms with Gasteiger partial charge < -0.3 is 9.47 Å². The highest BCUT2D eigenvalue weighted by molar-refractivity contribution is 8.14. The molecule has 0 saturated heterocycles. The van der Waals surface area contributed by atoms with Gasteiger partial charge in [0.05, 0.1) is 25.6 Å². The van der Waals surface area contributed by atoms with Crippen LogP contribution in [0.15, 0.2) is 52.6 Å². The summed E-state index contributed by atoms with van der Waals surface area (Å²) in [6.07, 6.45) is 0. The third-order valence-electron chi connectivity index (χ3n) is 4.14. The summed E-state index contributed by atoms with van der Waals surface area (Å²) in [5.41, 5.74) is 7.24. The van der Waals surface area contributed by atoms with Gasteiger partial charge in [-0.2, -0.15) is 5.10 Å². The van der Waals surface area contributed by atoms with Crippen LogP contribution in [0.1, 0.15) is 30.9 Å². The first-order valence-electron chi connectivity index (χ1n) is 8.47. The molecule has 0 aliphatic carbocycles. The maximum absolute atomic E-state index is 5.36. The van der Waals surface area contributed by atoms with Crippen molar-refractivity contribution in [3.8, 4) is 11.5 Å². The van der Waals surface area contributed by atoms with E-state index in [1.807, 2.05) is 30.3 Å². The Balaban J connectivity index is 1.73. The van der Waals surface area contributed by atoms with Gasteiger partial charge in [-0.05, 0) is 41.8 Å². The fourth-order valence-electron chi connectivity index (χ4n) is 2.59. The number of ether oxygens (including phenoxy) is 2. The molecule has 5 nitrogen and oxygen atoms in total. The SMILES string of the molecule is COc1ccc(C2=NNC(=Nc3ccc(C(C)C)cc3)SC2)cc1OC. The minimum absolute atomic E-state index is 0.521. The Kier molecular flexibility index (Phi) is 5.83. The average molecular weight is 369 g/mol. The van der Waals surface area contributed by atoms with Crippen LogP contribution in [0.5, 0.6) is 11.5 Å². The van der Waals surface area contributed by atoms with Crippen molar-refractivity contribution in [1.29, 1.82) is 0 Å². The van der Waals surface area contributed by atoms with Crippen LogP contribution in [-0.2, 0) is 0 Å². The van der Waals surface area contributed by atoms with Crippen LogP contribution >= 0.6 is 11.8 Å². The monoisotopic (exact) mass is 369 g/mol. The molecule has 0 fully saturated rings. The largest absolute Gasteiger partial charge is 0.493 e. The van der Waals surface area contributed by atoms with Gasteiger partial charge in [0, 0.05) is 11.3 Å². The predicted molar refractivity (Wildman–Crippen MR) is 109 cm³/mol. The maximum Gasteiger partial charge on any atom is 0.182 e. The lowest BCUT2D eigenvalue weighted by atomic mass is 10.0. The average Bonchev–Trinajstić information content (AvgIpc) is 2.68. The lowest BCUT2D eigenvalue weighted by Crippen LogP contribution is -2.25.